The molecule has 1 fully saturated rings. The van der Waals surface area contributed by atoms with E-state index in [-0.39, 0.29) is 38.4 Å². The van der Waals surface area contributed by atoms with Crippen LogP contribution in [-0.4, -0.2) is 55.0 Å². The molecule has 1 aliphatic rings. The van der Waals surface area contributed by atoms with Crippen molar-refractivity contribution in [2.24, 2.45) is 0 Å². The number of nitrogens with zero attached hydrogens (tertiary/aromatic N) is 2. The van der Waals surface area contributed by atoms with Gasteiger partial charge >= 0.3 is 12.2 Å². The highest BCUT2D eigenvalue weighted by Crippen LogP contribution is 2.34. The van der Waals surface area contributed by atoms with Crippen molar-refractivity contribution < 1.29 is 26.7 Å². The van der Waals surface area contributed by atoms with E-state index >= 15 is 0 Å². The summed E-state index contributed by atoms with van der Waals surface area (Å²) in [7, 11) is 0. The largest absolute Gasteiger partial charge is 0.418 e. The fourth-order valence-electron chi connectivity index (χ4n) is 2.36. The average Bonchev–Trinajstić information content (AvgIpc) is 2.46. The Kier molecular flexibility index (Phi) is 5.40. The summed E-state index contributed by atoms with van der Waals surface area (Å²) in [6.45, 7) is 0.531. The van der Waals surface area contributed by atoms with Gasteiger partial charge in [0.25, 0.3) is 6.43 Å². The van der Waals surface area contributed by atoms with Crippen LogP contribution in [-0.2, 0) is 6.18 Å². The van der Waals surface area contributed by atoms with E-state index in [0.29, 0.717) is 0 Å². The van der Waals surface area contributed by atoms with E-state index in [1.807, 2.05) is 0 Å². The van der Waals surface area contributed by atoms with Crippen LogP contribution in [0.25, 0.3) is 0 Å². The number of alkyl halides is 5. The van der Waals surface area contributed by atoms with Crippen LogP contribution in [0.5, 0.6) is 0 Å². The van der Waals surface area contributed by atoms with Crippen molar-refractivity contribution in [2.45, 2.75) is 12.6 Å². The lowest BCUT2D eigenvalue weighted by Gasteiger charge is -2.34. The zero-order chi connectivity index (χ0) is 17.0. The summed E-state index contributed by atoms with van der Waals surface area (Å²) in [5, 5.41) is 2.24. The molecule has 1 N–H and O–H groups in total. The lowest BCUT2D eigenvalue weighted by Crippen LogP contribution is -2.51. The number of hydrogen-bond acceptors (Lipinski definition) is 2. The van der Waals surface area contributed by atoms with Crippen molar-refractivity contribution in [3.8, 4) is 0 Å². The van der Waals surface area contributed by atoms with Crippen molar-refractivity contribution in [2.75, 3.05) is 38.0 Å². The van der Waals surface area contributed by atoms with Gasteiger partial charge in [-0.15, -0.1) is 0 Å². The maximum absolute atomic E-state index is 12.9. The summed E-state index contributed by atoms with van der Waals surface area (Å²) < 4.78 is 63.2. The van der Waals surface area contributed by atoms with Gasteiger partial charge in [-0.2, -0.15) is 13.2 Å². The molecule has 0 bridgehead atoms. The lowest BCUT2D eigenvalue weighted by molar-refractivity contribution is -0.136. The average molecular weight is 337 g/mol. The summed E-state index contributed by atoms with van der Waals surface area (Å²) in [5.41, 5.74) is -1.25. The van der Waals surface area contributed by atoms with Crippen LogP contribution in [0.4, 0.5) is 32.4 Å². The Morgan fingerprint density at radius 3 is 2.30 bits per heavy atom. The second-order valence-corrected chi connectivity index (χ2v) is 5.15. The molecule has 2 amide bonds. The zero-order valence-electron chi connectivity index (χ0n) is 12.1. The number of urea groups is 1. The highest BCUT2D eigenvalue weighted by Gasteiger charge is 2.34. The molecule has 1 saturated heterocycles. The number of amides is 2. The predicted molar refractivity (Wildman–Crippen MR) is 74.5 cm³/mol. The summed E-state index contributed by atoms with van der Waals surface area (Å²) in [4.78, 5) is 14.9. The third-order valence-electron chi connectivity index (χ3n) is 3.53. The van der Waals surface area contributed by atoms with E-state index in [1.54, 1.807) is 0 Å². The van der Waals surface area contributed by atoms with Gasteiger partial charge in [0, 0.05) is 26.2 Å². The number of nitrogens with one attached hydrogen (secondary N) is 1. The first-order chi connectivity index (χ1) is 10.8. The van der Waals surface area contributed by atoms with Gasteiger partial charge in [0.1, 0.15) is 0 Å². The first kappa shape index (κ1) is 17.5. The molecule has 9 heteroatoms. The van der Waals surface area contributed by atoms with E-state index in [2.05, 4.69) is 5.32 Å². The van der Waals surface area contributed by atoms with Gasteiger partial charge in [-0.25, -0.2) is 13.6 Å². The number of para-hydroxylation sites is 1. The fraction of sp³-hybridized carbons (Fsp3) is 0.500. The molecule has 23 heavy (non-hydrogen) atoms. The Morgan fingerprint density at radius 2 is 1.74 bits per heavy atom. The molecule has 0 atom stereocenters. The molecule has 0 radical (unpaired) electrons. The summed E-state index contributed by atoms with van der Waals surface area (Å²) in [6.07, 6.45) is -7.02. The molecule has 1 aromatic carbocycles. The quantitative estimate of drug-likeness (QED) is 0.860. The Hall–Kier alpha value is -1.90. The van der Waals surface area contributed by atoms with E-state index in [1.165, 1.54) is 28.0 Å². The molecule has 0 aromatic heterocycles. The van der Waals surface area contributed by atoms with E-state index in [4.69, 9.17) is 0 Å². The third-order valence-corrected chi connectivity index (χ3v) is 3.53. The van der Waals surface area contributed by atoms with Crippen LogP contribution in [0, 0.1) is 0 Å². The molecule has 0 aliphatic carbocycles. The Bertz CT molecular complexity index is 541. The lowest BCUT2D eigenvalue weighted by atomic mass is 10.1. The Morgan fingerprint density at radius 1 is 1.13 bits per heavy atom. The number of halogens is 5. The van der Waals surface area contributed by atoms with Gasteiger partial charge < -0.3 is 10.2 Å². The van der Waals surface area contributed by atoms with Gasteiger partial charge in [0.05, 0.1) is 17.8 Å². The summed E-state index contributed by atoms with van der Waals surface area (Å²) >= 11 is 0. The number of anilines is 1. The van der Waals surface area contributed by atoms with Gasteiger partial charge in [-0.05, 0) is 12.1 Å². The highest BCUT2D eigenvalue weighted by atomic mass is 19.4. The van der Waals surface area contributed by atoms with Gasteiger partial charge in [-0.3, -0.25) is 4.90 Å². The number of carbonyl (C=O) groups excluding carboxylic acids is 1. The van der Waals surface area contributed by atoms with Crippen molar-refractivity contribution in [1.82, 2.24) is 9.80 Å². The van der Waals surface area contributed by atoms with Crippen LogP contribution < -0.4 is 5.32 Å². The minimum atomic E-state index is -4.57. The van der Waals surface area contributed by atoms with Crippen LogP contribution in [0.2, 0.25) is 0 Å². The number of rotatable bonds is 3. The molecule has 0 spiro atoms. The molecule has 0 saturated carbocycles. The smallest absolute Gasteiger partial charge is 0.322 e. The maximum atomic E-state index is 12.9. The summed E-state index contributed by atoms with van der Waals surface area (Å²) in [5.74, 6) is 0. The van der Waals surface area contributed by atoms with Gasteiger partial charge in [-0.1, -0.05) is 12.1 Å². The van der Waals surface area contributed by atoms with Crippen molar-refractivity contribution >= 4 is 11.7 Å². The molecule has 1 aromatic rings. The second kappa shape index (κ2) is 7.12. The molecule has 1 heterocycles. The molecular weight excluding hydrogens is 321 g/mol. The van der Waals surface area contributed by atoms with Crippen LogP contribution >= 0.6 is 0 Å². The number of carbonyl (C=O) groups is 1. The maximum Gasteiger partial charge on any atom is 0.418 e. The van der Waals surface area contributed by atoms with Crippen LogP contribution in [0.1, 0.15) is 5.56 Å². The minimum absolute atomic E-state index is 0.187. The third kappa shape index (κ3) is 4.78. The normalized spacial score (nSPS) is 16.7. The molecule has 2 rings (SSSR count). The van der Waals surface area contributed by atoms with Crippen molar-refractivity contribution in [3.05, 3.63) is 29.8 Å². The van der Waals surface area contributed by atoms with Crippen molar-refractivity contribution in [3.63, 3.8) is 0 Å². The van der Waals surface area contributed by atoms with Gasteiger partial charge in [0.2, 0.25) is 0 Å². The fourth-order valence-corrected chi connectivity index (χ4v) is 2.36. The Labute approximate surface area is 129 Å². The monoisotopic (exact) mass is 337 g/mol. The highest BCUT2D eigenvalue weighted by molar-refractivity contribution is 5.90. The van der Waals surface area contributed by atoms with E-state index < -0.39 is 24.2 Å². The first-order valence-electron chi connectivity index (χ1n) is 7.00. The number of benzene rings is 1. The number of piperazine rings is 1. The van der Waals surface area contributed by atoms with E-state index in [9.17, 15) is 26.7 Å². The van der Waals surface area contributed by atoms with Crippen LogP contribution in [0.15, 0.2) is 24.3 Å². The standard InChI is InChI=1S/C14H16F5N3O/c15-12(16)9-21-5-7-22(8-6-21)13(23)20-11-4-2-1-3-10(11)14(17,18)19/h1-4,12H,5-9H2,(H,20,23). The molecule has 4 nitrogen and oxygen atoms in total. The zero-order valence-corrected chi connectivity index (χ0v) is 12.1. The number of hydrogen-bond donors (Lipinski definition) is 1. The topological polar surface area (TPSA) is 35.6 Å². The SMILES string of the molecule is O=C(Nc1ccccc1C(F)(F)F)N1CCN(CC(F)F)CC1. The van der Waals surface area contributed by atoms with Crippen molar-refractivity contribution in [1.29, 1.82) is 0 Å². The van der Waals surface area contributed by atoms with Crippen LogP contribution in [0.3, 0.4) is 0 Å². The van der Waals surface area contributed by atoms with Gasteiger partial charge in [0.15, 0.2) is 0 Å². The minimum Gasteiger partial charge on any atom is -0.322 e. The van der Waals surface area contributed by atoms with E-state index in [0.717, 1.165) is 6.07 Å². The second-order valence-electron chi connectivity index (χ2n) is 5.15. The predicted octanol–water partition coefficient (Wildman–Crippen LogP) is 3.12. The molecule has 1 aliphatic heterocycles. The summed E-state index contributed by atoms with van der Waals surface area (Å²) in [6, 6.07) is 4.02. The molecular formula is C14H16F5N3O. The molecule has 128 valence electrons. The molecule has 0 unspecified atom stereocenters. The Balaban J connectivity index is 1.96. The first-order valence-corrected chi connectivity index (χ1v) is 7.00.